The van der Waals surface area contributed by atoms with E-state index in [1.807, 2.05) is 0 Å². The number of aryl methyl sites for hydroxylation is 1. The fourth-order valence-electron chi connectivity index (χ4n) is 1.95. The maximum absolute atomic E-state index is 2.32. The molecule has 1 atom stereocenters. The molecular weight excluding hydrogens is 168 g/mol. The zero-order valence-corrected chi connectivity index (χ0v) is 8.83. The molecule has 0 heteroatoms. The summed E-state index contributed by atoms with van der Waals surface area (Å²) < 4.78 is 0. The van der Waals surface area contributed by atoms with Crippen molar-refractivity contribution in [2.24, 2.45) is 0 Å². The van der Waals surface area contributed by atoms with Crippen LogP contribution in [0.5, 0.6) is 0 Å². The Labute approximate surface area is 86.0 Å². The highest BCUT2D eigenvalue weighted by Gasteiger charge is 2.12. The first kappa shape index (κ1) is 9.26. The molecule has 0 saturated heterocycles. The van der Waals surface area contributed by atoms with Crippen LogP contribution in [0.25, 0.3) is 0 Å². The quantitative estimate of drug-likeness (QED) is 0.655. The molecule has 0 spiro atoms. The third-order valence-electron chi connectivity index (χ3n) is 2.87. The van der Waals surface area contributed by atoms with E-state index in [4.69, 9.17) is 0 Å². The van der Waals surface area contributed by atoms with Gasteiger partial charge in [0.05, 0.1) is 0 Å². The van der Waals surface area contributed by atoms with Crippen LogP contribution in [0.1, 0.15) is 30.9 Å². The Morgan fingerprint density at radius 3 is 2.79 bits per heavy atom. The lowest BCUT2D eigenvalue weighted by atomic mass is 9.93. The van der Waals surface area contributed by atoms with E-state index < -0.39 is 0 Å². The van der Waals surface area contributed by atoms with Gasteiger partial charge in [-0.15, -0.1) is 0 Å². The zero-order valence-electron chi connectivity index (χ0n) is 8.83. The summed E-state index contributed by atoms with van der Waals surface area (Å²) in [5.41, 5.74) is 4.29. The Morgan fingerprint density at radius 2 is 2.14 bits per heavy atom. The third kappa shape index (κ3) is 1.65. The first-order chi connectivity index (χ1) is 6.81. The molecule has 0 amide bonds. The van der Waals surface area contributed by atoms with Gasteiger partial charge in [-0.3, -0.25) is 0 Å². The van der Waals surface area contributed by atoms with Gasteiger partial charge >= 0.3 is 0 Å². The summed E-state index contributed by atoms with van der Waals surface area (Å²) in [6.07, 6.45) is 7.74. The number of hydrogen-bond donors (Lipinski definition) is 0. The fourth-order valence-corrected chi connectivity index (χ4v) is 1.95. The second-order valence-electron chi connectivity index (χ2n) is 3.87. The summed E-state index contributed by atoms with van der Waals surface area (Å²) in [7, 11) is 0. The van der Waals surface area contributed by atoms with E-state index in [1.54, 1.807) is 0 Å². The predicted octanol–water partition coefficient (Wildman–Crippen LogP) is 3.85. The first-order valence-electron chi connectivity index (χ1n) is 5.25. The maximum Gasteiger partial charge on any atom is 0.0231 e. The van der Waals surface area contributed by atoms with Gasteiger partial charge in [0.25, 0.3) is 0 Å². The fraction of sp³-hybridized carbons (Fsp3) is 0.286. The van der Waals surface area contributed by atoms with Gasteiger partial charge in [0.2, 0.25) is 0 Å². The van der Waals surface area contributed by atoms with Crippen molar-refractivity contribution in [3.8, 4) is 0 Å². The maximum atomic E-state index is 2.32. The molecule has 0 heterocycles. The summed E-state index contributed by atoms with van der Waals surface area (Å²) in [5.74, 6) is 0.515. The van der Waals surface area contributed by atoms with Crippen LogP contribution < -0.4 is 0 Å². The molecule has 72 valence electrons. The zero-order chi connectivity index (χ0) is 9.97. The minimum absolute atomic E-state index is 0.515. The number of allylic oxidation sites excluding steroid dienone is 4. The van der Waals surface area contributed by atoms with Crippen LogP contribution in [-0.2, 0) is 6.42 Å². The highest BCUT2D eigenvalue weighted by molar-refractivity contribution is 5.41. The van der Waals surface area contributed by atoms with Gasteiger partial charge < -0.3 is 0 Å². The van der Waals surface area contributed by atoms with Crippen LogP contribution >= 0.6 is 0 Å². The molecule has 0 bridgehead atoms. The number of rotatable bonds is 2. The number of benzene rings is 1. The Hall–Kier alpha value is -1.30. The van der Waals surface area contributed by atoms with Gasteiger partial charge in [0.1, 0.15) is 0 Å². The SMILES string of the molecule is CCc1cccc(C2C=CC=C2C)c1. The van der Waals surface area contributed by atoms with Crippen LogP contribution in [-0.4, -0.2) is 0 Å². The van der Waals surface area contributed by atoms with E-state index in [0.29, 0.717) is 5.92 Å². The molecule has 1 aliphatic carbocycles. The summed E-state index contributed by atoms with van der Waals surface area (Å²) >= 11 is 0. The van der Waals surface area contributed by atoms with Crippen molar-refractivity contribution in [1.82, 2.24) is 0 Å². The molecule has 0 nitrogen and oxygen atoms in total. The minimum atomic E-state index is 0.515. The Morgan fingerprint density at radius 1 is 1.29 bits per heavy atom. The lowest BCUT2D eigenvalue weighted by Gasteiger charge is -2.11. The van der Waals surface area contributed by atoms with E-state index in [1.165, 1.54) is 16.7 Å². The Bertz CT molecular complexity index is 383. The standard InChI is InChI=1S/C14H16/c1-3-12-7-5-8-13(10-12)14-9-4-6-11(14)2/h4-10,14H,3H2,1-2H3. The van der Waals surface area contributed by atoms with Gasteiger partial charge in [-0.2, -0.15) is 0 Å². The summed E-state index contributed by atoms with van der Waals surface area (Å²) in [4.78, 5) is 0. The van der Waals surface area contributed by atoms with Gasteiger partial charge in [-0.05, 0) is 24.5 Å². The lowest BCUT2D eigenvalue weighted by Crippen LogP contribution is -1.95. The summed E-state index contributed by atoms with van der Waals surface area (Å²) in [6.45, 7) is 4.40. The smallest absolute Gasteiger partial charge is 0.0231 e. The minimum Gasteiger partial charge on any atom is -0.0730 e. The van der Waals surface area contributed by atoms with Crippen molar-refractivity contribution in [2.45, 2.75) is 26.2 Å². The van der Waals surface area contributed by atoms with Gasteiger partial charge in [0, 0.05) is 5.92 Å². The van der Waals surface area contributed by atoms with E-state index in [-0.39, 0.29) is 0 Å². The van der Waals surface area contributed by atoms with Crippen LogP contribution in [0, 0.1) is 0 Å². The Kier molecular flexibility index (Phi) is 2.53. The molecule has 0 aromatic heterocycles. The summed E-state index contributed by atoms with van der Waals surface area (Å²) in [6, 6.07) is 8.89. The molecular formula is C14H16. The molecule has 0 N–H and O–H groups in total. The molecule has 1 aliphatic rings. The van der Waals surface area contributed by atoms with Crippen LogP contribution in [0.15, 0.2) is 48.1 Å². The molecule has 2 rings (SSSR count). The van der Waals surface area contributed by atoms with Crippen molar-refractivity contribution in [3.05, 3.63) is 59.2 Å². The second-order valence-corrected chi connectivity index (χ2v) is 3.87. The highest BCUT2D eigenvalue weighted by Crippen LogP contribution is 2.29. The van der Waals surface area contributed by atoms with E-state index >= 15 is 0 Å². The topological polar surface area (TPSA) is 0 Å². The lowest BCUT2D eigenvalue weighted by molar-refractivity contribution is 0.999. The number of hydrogen-bond acceptors (Lipinski definition) is 0. The first-order valence-corrected chi connectivity index (χ1v) is 5.25. The van der Waals surface area contributed by atoms with Crippen LogP contribution in [0.4, 0.5) is 0 Å². The average molecular weight is 184 g/mol. The molecule has 14 heavy (non-hydrogen) atoms. The van der Waals surface area contributed by atoms with Crippen LogP contribution in [0.2, 0.25) is 0 Å². The molecule has 1 unspecified atom stereocenters. The normalized spacial score (nSPS) is 19.9. The van der Waals surface area contributed by atoms with Crippen molar-refractivity contribution < 1.29 is 0 Å². The van der Waals surface area contributed by atoms with Crippen molar-refractivity contribution in [3.63, 3.8) is 0 Å². The van der Waals surface area contributed by atoms with Gasteiger partial charge in [-0.1, -0.05) is 55.0 Å². The Balaban J connectivity index is 2.32. The van der Waals surface area contributed by atoms with Crippen molar-refractivity contribution in [2.75, 3.05) is 0 Å². The largest absolute Gasteiger partial charge is 0.0730 e. The molecule has 0 radical (unpaired) electrons. The van der Waals surface area contributed by atoms with Crippen molar-refractivity contribution >= 4 is 0 Å². The van der Waals surface area contributed by atoms with Crippen LogP contribution in [0.3, 0.4) is 0 Å². The van der Waals surface area contributed by atoms with E-state index in [0.717, 1.165) is 6.42 Å². The van der Waals surface area contributed by atoms with Gasteiger partial charge in [0.15, 0.2) is 0 Å². The molecule has 1 aromatic rings. The molecule has 1 aromatic carbocycles. The van der Waals surface area contributed by atoms with Crippen molar-refractivity contribution in [1.29, 1.82) is 0 Å². The average Bonchev–Trinajstić information content (AvgIpc) is 2.65. The molecule has 0 saturated carbocycles. The van der Waals surface area contributed by atoms with E-state index in [2.05, 4.69) is 56.3 Å². The monoisotopic (exact) mass is 184 g/mol. The highest BCUT2D eigenvalue weighted by atomic mass is 14.2. The third-order valence-corrected chi connectivity index (χ3v) is 2.87. The molecule has 0 aliphatic heterocycles. The predicted molar refractivity (Wildman–Crippen MR) is 61.5 cm³/mol. The summed E-state index contributed by atoms with van der Waals surface area (Å²) in [5, 5.41) is 0. The van der Waals surface area contributed by atoms with Gasteiger partial charge in [-0.25, -0.2) is 0 Å². The molecule has 0 fully saturated rings. The second kappa shape index (κ2) is 3.83. The van der Waals surface area contributed by atoms with E-state index in [9.17, 15) is 0 Å².